The van der Waals surface area contributed by atoms with Crippen molar-refractivity contribution in [2.75, 3.05) is 0 Å². The van der Waals surface area contributed by atoms with Gasteiger partial charge < -0.3 is 10.2 Å². The van der Waals surface area contributed by atoms with Crippen LogP contribution in [0.5, 0.6) is 11.5 Å². The molecule has 2 rings (SSSR count). The molecule has 2 N–H and O–H groups in total. The Balaban J connectivity index is 2.70. The van der Waals surface area contributed by atoms with E-state index in [-0.39, 0.29) is 11.5 Å². The van der Waals surface area contributed by atoms with E-state index in [9.17, 15) is 10.2 Å². The van der Waals surface area contributed by atoms with Gasteiger partial charge in [0.1, 0.15) is 0 Å². The first-order valence-electron chi connectivity index (χ1n) is 6.31. The van der Waals surface area contributed by atoms with Crippen LogP contribution in [0.3, 0.4) is 0 Å². The van der Waals surface area contributed by atoms with Gasteiger partial charge in [-0.2, -0.15) is 0 Å². The average Bonchev–Trinajstić information content (AvgIpc) is 2.42. The quantitative estimate of drug-likeness (QED) is 0.802. The predicted molar refractivity (Wildman–Crippen MR) is 74.0 cm³/mol. The molecule has 0 amide bonds. The second kappa shape index (κ2) is 5.13. The lowest BCUT2D eigenvalue weighted by molar-refractivity contribution is 0.400. The normalized spacial score (nSPS) is 10.6. The zero-order chi connectivity index (χ0) is 13.1. The number of rotatable bonds is 3. The Kier molecular flexibility index (Phi) is 3.56. The highest BCUT2D eigenvalue weighted by atomic mass is 16.3. The van der Waals surface area contributed by atoms with Gasteiger partial charge in [0.25, 0.3) is 0 Å². The fraction of sp³-hybridized carbons (Fsp3) is 0.250. The summed E-state index contributed by atoms with van der Waals surface area (Å²) in [5, 5.41) is 20.2. The highest BCUT2D eigenvalue weighted by Gasteiger charge is 2.16. The summed E-state index contributed by atoms with van der Waals surface area (Å²) >= 11 is 0. The number of hydrogen-bond acceptors (Lipinski definition) is 2. The van der Waals surface area contributed by atoms with Crippen LogP contribution in [0, 0.1) is 0 Å². The second-order valence-electron chi connectivity index (χ2n) is 4.34. The summed E-state index contributed by atoms with van der Waals surface area (Å²) in [6.45, 7) is 4.02. The van der Waals surface area contributed by atoms with E-state index in [1.165, 1.54) is 0 Å². The SMILES string of the molecule is CCc1cc(CC)c(-c2ccccc2)c(O)c1O. The number of phenols is 2. The minimum atomic E-state index is -0.00241. The molecule has 0 aromatic heterocycles. The van der Waals surface area contributed by atoms with Crippen molar-refractivity contribution in [3.63, 3.8) is 0 Å². The number of benzene rings is 2. The molecule has 0 atom stereocenters. The molecule has 0 fully saturated rings. The summed E-state index contributed by atoms with van der Waals surface area (Å²) < 4.78 is 0. The van der Waals surface area contributed by atoms with Gasteiger partial charge in [0.05, 0.1) is 0 Å². The zero-order valence-corrected chi connectivity index (χ0v) is 10.8. The van der Waals surface area contributed by atoms with Gasteiger partial charge in [-0.3, -0.25) is 0 Å². The monoisotopic (exact) mass is 242 g/mol. The van der Waals surface area contributed by atoms with E-state index in [2.05, 4.69) is 6.92 Å². The van der Waals surface area contributed by atoms with Crippen molar-refractivity contribution in [1.29, 1.82) is 0 Å². The molecule has 0 saturated heterocycles. The van der Waals surface area contributed by atoms with Crippen LogP contribution >= 0.6 is 0 Å². The van der Waals surface area contributed by atoms with Gasteiger partial charge in [0.15, 0.2) is 11.5 Å². The van der Waals surface area contributed by atoms with Gasteiger partial charge >= 0.3 is 0 Å². The summed E-state index contributed by atoms with van der Waals surface area (Å²) in [6, 6.07) is 11.7. The molecule has 94 valence electrons. The summed E-state index contributed by atoms with van der Waals surface area (Å²) in [7, 11) is 0. The minimum absolute atomic E-state index is 0.00241. The van der Waals surface area contributed by atoms with Crippen LogP contribution in [-0.2, 0) is 12.8 Å². The molecule has 2 aromatic carbocycles. The first kappa shape index (κ1) is 12.5. The summed E-state index contributed by atoms with van der Waals surface area (Å²) in [5.41, 5.74) is 3.54. The van der Waals surface area contributed by atoms with Crippen molar-refractivity contribution in [3.05, 3.63) is 47.5 Å². The summed E-state index contributed by atoms with van der Waals surface area (Å²) in [4.78, 5) is 0. The van der Waals surface area contributed by atoms with E-state index in [1.54, 1.807) is 0 Å². The molecule has 2 aromatic rings. The van der Waals surface area contributed by atoms with Crippen LogP contribution in [0.25, 0.3) is 11.1 Å². The predicted octanol–water partition coefficient (Wildman–Crippen LogP) is 3.89. The first-order chi connectivity index (χ1) is 8.69. The molecule has 2 heteroatoms. The Morgan fingerprint density at radius 2 is 1.44 bits per heavy atom. The molecule has 0 aliphatic rings. The van der Waals surface area contributed by atoms with Crippen LogP contribution < -0.4 is 0 Å². The van der Waals surface area contributed by atoms with Crippen LogP contribution in [0.4, 0.5) is 0 Å². The van der Waals surface area contributed by atoms with Gasteiger partial charge in [-0.15, -0.1) is 0 Å². The molecule has 0 aliphatic carbocycles. The van der Waals surface area contributed by atoms with Crippen LogP contribution in [-0.4, -0.2) is 10.2 Å². The Hall–Kier alpha value is -1.96. The largest absolute Gasteiger partial charge is 0.504 e. The fourth-order valence-corrected chi connectivity index (χ4v) is 2.25. The van der Waals surface area contributed by atoms with Gasteiger partial charge in [-0.05, 0) is 29.5 Å². The third kappa shape index (κ3) is 2.06. The molecule has 2 nitrogen and oxygen atoms in total. The lowest BCUT2D eigenvalue weighted by Crippen LogP contribution is -1.93. The standard InChI is InChI=1S/C16H18O2/c1-3-11-10-12(4-2)15(17)16(18)14(11)13-8-6-5-7-9-13/h5-10,17-18H,3-4H2,1-2H3. The second-order valence-corrected chi connectivity index (χ2v) is 4.34. The third-order valence-corrected chi connectivity index (χ3v) is 3.26. The van der Waals surface area contributed by atoms with Crippen molar-refractivity contribution in [1.82, 2.24) is 0 Å². The molecule has 0 unspecified atom stereocenters. The Morgan fingerprint density at radius 1 is 0.833 bits per heavy atom. The molecule has 0 bridgehead atoms. The van der Waals surface area contributed by atoms with Gasteiger partial charge in [0, 0.05) is 5.56 Å². The van der Waals surface area contributed by atoms with Gasteiger partial charge in [-0.25, -0.2) is 0 Å². The molecule has 0 aliphatic heterocycles. The van der Waals surface area contributed by atoms with E-state index >= 15 is 0 Å². The smallest absolute Gasteiger partial charge is 0.165 e. The van der Waals surface area contributed by atoms with E-state index in [4.69, 9.17) is 0 Å². The highest BCUT2D eigenvalue weighted by Crippen LogP contribution is 2.42. The molecule has 0 radical (unpaired) electrons. The lowest BCUT2D eigenvalue weighted by atomic mass is 9.93. The van der Waals surface area contributed by atoms with Crippen molar-refractivity contribution in [2.24, 2.45) is 0 Å². The van der Waals surface area contributed by atoms with Crippen molar-refractivity contribution >= 4 is 0 Å². The maximum absolute atomic E-state index is 10.2. The van der Waals surface area contributed by atoms with Crippen LogP contribution in [0.1, 0.15) is 25.0 Å². The Morgan fingerprint density at radius 3 is 2.00 bits per heavy atom. The first-order valence-corrected chi connectivity index (χ1v) is 6.31. The maximum Gasteiger partial charge on any atom is 0.165 e. The molecule has 0 heterocycles. The summed E-state index contributed by atoms with van der Waals surface area (Å²) in [5.74, 6) is 0.00551. The highest BCUT2D eigenvalue weighted by molar-refractivity contribution is 5.77. The molecular formula is C16H18O2. The molecule has 0 spiro atoms. The minimum Gasteiger partial charge on any atom is -0.504 e. The topological polar surface area (TPSA) is 40.5 Å². The van der Waals surface area contributed by atoms with E-state index in [1.807, 2.05) is 43.3 Å². The van der Waals surface area contributed by atoms with Gasteiger partial charge in [0.2, 0.25) is 0 Å². The molecular weight excluding hydrogens is 224 g/mol. The third-order valence-electron chi connectivity index (χ3n) is 3.26. The lowest BCUT2D eigenvalue weighted by Gasteiger charge is -2.15. The fourth-order valence-electron chi connectivity index (χ4n) is 2.25. The van der Waals surface area contributed by atoms with E-state index in [0.717, 1.165) is 28.7 Å². The van der Waals surface area contributed by atoms with E-state index < -0.39 is 0 Å². The Bertz CT molecular complexity index is 545. The van der Waals surface area contributed by atoms with Crippen LogP contribution in [0.15, 0.2) is 36.4 Å². The number of aromatic hydroxyl groups is 2. The van der Waals surface area contributed by atoms with Crippen molar-refractivity contribution in [2.45, 2.75) is 26.7 Å². The Labute approximate surface area is 108 Å². The van der Waals surface area contributed by atoms with Crippen molar-refractivity contribution in [3.8, 4) is 22.6 Å². The zero-order valence-electron chi connectivity index (χ0n) is 10.8. The maximum atomic E-state index is 10.2. The number of hydrogen-bond donors (Lipinski definition) is 2. The van der Waals surface area contributed by atoms with Crippen LogP contribution in [0.2, 0.25) is 0 Å². The average molecular weight is 242 g/mol. The molecule has 0 saturated carbocycles. The number of phenolic OH excluding ortho intramolecular Hbond substituents is 2. The van der Waals surface area contributed by atoms with Crippen molar-refractivity contribution < 1.29 is 10.2 Å². The van der Waals surface area contributed by atoms with E-state index in [0.29, 0.717) is 6.42 Å². The molecule has 18 heavy (non-hydrogen) atoms. The van der Waals surface area contributed by atoms with Gasteiger partial charge in [-0.1, -0.05) is 50.2 Å². The number of aryl methyl sites for hydroxylation is 2. The summed E-state index contributed by atoms with van der Waals surface area (Å²) in [6.07, 6.45) is 1.53.